The van der Waals surface area contributed by atoms with E-state index in [4.69, 9.17) is 4.74 Å². The molecular formula is C31H46O. The van der Waals surface area contributed by atoms with Gasteiger partial charge in [0, 0.05) is 16.9 Å². The SMILES string of the molecule is CCCC1(CCC)c2ccc(C)c(C)c2OC(CCC)(c2ccc(C)c(C)c2C)C1CC. The molecule has 2 unspecified atom stereocenters. The first kappa shape index (κ1) is 24.9. The largest absolute Gasteiger partial charge is 0.482 e. The van der Waals surface area contributed by atoms with Crippen LogP contribution in [0.15, 0.2) is 24.3 Å². The molecule has 1 nitrogen and oxygen atoms in total. The average molecular weight is 435 g/mol. The normalized spacial score (nSPS) is 21.8. The van der Waals surface area contributed by atoms with Gasteiger partial charge >= 0.3 is 0 Å². The zero-order valence-electron chi connectivity index (χ0n) is 22.2. The van der Waals surface area contributed by atoms with E-state index in [1.807, 2.05) is 0 Å². The summed E-state index contributed by atoms with van der Waals surface area (Å²) in [6.45, 7) is 20.8. The Labute approximate surface area is 198 Å². The molecule has 0 spiro atoms. The Bertz CT molecular complexity index is 947. The van der Waals surface area contributed by atoms with Crippen molar-refractivity contribution in [1.29, 1.82) is 0 Å². The van der Waals surface area contributed by atoms with Crippen molar-refractivity contribution in [1.82, 2.24) is 0 Å². The fraction of sp³-hybridized carbons (Fsp3) is 0.613. The molecule has 0 radical (unpaired) electrons. The molecule has 2 aromatic rings. The van der Waals surface area contributed by atoms with Crippen molar-refractivity contribution in [3.63, 3.8) is 0 Å². The molecule has 0 bridgehead atoms. The molecule has 1 aliphatic rings. The van der Waals surface area contributed by atoms with Crippen LogP contribution in [0.5, 0.6) is 5.75 Å². The highest BCUT2D eigenvalue weighted by atomic mass is 16.5. The lowest BCUT2D eigenvalue weighted by molar-refractivity contribution is -0.0736. The summed E-state index contributed by atoms with van der Waals surface area (Å²) < 4.78 is 7.38. The summed E-state index contributed by atoms with van der Waals surface area (Å²) in [6, 6.07) is 9.47. The molecule has 176 valence electrons. The Balaban J connectivity index is 2.45. The van der Waals surface area contributed by atoms with E-state index >= 15 is 0 Å². The Hall–Kier alpha value is -1.76. The highest BCUT2D eigenvalue weighted by molar-refractivity contribution is 5.54. The van der Waals surface area contributed by atoms with Gasteiger partial charge in [-0.3, -0.25) is 0 Å². The Morgan fingerprint density at radius 1 is 0.656 bits per heavy atom. The maximum Gasteiger partial charge on any atom is 0.138 e. The van der Waals surface area contributed by atoms with Crippen molar-refractivity contribution in [2.45, 2.75) is 118 Å². The second-order valence-electron chi connectivity index (χ2n) is 10.4. The first-order valence-corrected chi connectivity index (χ1v) is 13.1. The van der Waals surface area contributed by atoms with E-state index in [0.717, 1.165) is 19.3 Å². The summed E-state index contributed by atoms with van der Waals surface area (Å²) in [6.07, 6.45) is 8.20. The quantitative estimate of drug-likeness (QED) is 0.402. The molecule has 0 N–H and O–H groups in total. The van der Waals surface area contributed by atoms with Crippen LogP contribution < -0.4 is 4.74 Å². The smallest absolute Gasteiger partial charge is 0.138 e. The minimum absolute atomic E-state index is 0.157. The van der Waals surface area contributed by atoms with Crippen LogP contribution in [0.25, 0.3) is 0 Å². The molecule has 1 aliphatic heterocycles. The second-order valence-corrected chi connectivity index (χ2v) is 10.4. The van der Waals surface area contributed by atoms with Crippen molar-refractivity contribution >= 4 is 0 Å². The summed E-state index contributed by atoms with van der Waals surface area (Å²) >= 11 is 0. The van der Waals surface area contributed by atoms with Gasteiger partial charge in [-0.15, -0.1) is 0 Å². The van der Waals surface area contributed by atoms with Crippen molar-refractivity contribution in [2.24, 2.45) is 5.92 Å². The van der Waals surface area contributed by atoms with E-state index in [-0.39, 0.29) is 11.0 Å². The summed E-state index contributed by atoms with van der Waals surface area (Å²) in [5.41, 5.74) is 9.67. The predicted molar refractivity (Wildman–Crippen MR) is 139 cm³/mol. The fourth-order valence-electron chi connectivity index (χ4n) is 6.95. The van der Waals surface area contributed by atoms with Crippen molar-refractivity contribution in [3.05, 3.63) is 63.2 Å². The number of fused-ring (bicyclic) bond motifs is 1. The van der Waals surface area contributed by atoms with Crippen LogP contribution in [0.4, 0.5) is 0 Å². The molecule has 1 heteroatoms. The van der Waals surface area contributed by atoms with Gasteiger partial charge in [-0.25, -0.2) is 0 Å². The van der Waals surface area contributed by atoms with E-state index in [2.05, 4.69) is 86.6 Å². The topological polar surface area (TPSA) is 9.23 Å². The van der Waals surface area contributed by atoms with Crippen molar-refractivity contribution < 1.29 is 4.74 Å². The van der Waals surface area contributed by atoms with Gasteiger partial charge in [0.1, 0.15) is 11.4 Å². The summed E-state index contributed by atoms with van der Waals surface area (Å²) in [4.78, 5) is 0. The van der Waals surface area contributed by atoms with E-state index in [9.17, 15) is 0 Å². The van der Waals surface area contributed by atoms with Crippen molar-refractivity contribution in [2.75, 3.05) is 0 Å². The first-order valence-electron chi connectivity index (χ1n) is 13.1. The average Bonchev–Trinajstić information content (AvgIpc) is 2.76. The van der Waals surface area contributed by atoms with Gasteiger partial charge < -0.3 is 4.74 Å². The number of hydrogen-bond acceptors (Lipinski definition) is 1. The molecular weight excluding hydrogens is 388 g/mol. The maximum absolute atomic E-state index is 7.38. The summed E-state index contributed by atoms with van der Waals surface area (Å²) in [7, 11) is 0. The second kappa shape index (κ2) is 9.62. The number of benzene rings is 2. The lowest BCUT2D eigenvalue weighted by Gasteiger charge is -2.57. The maximum atomic E-state index is 7.38. The molecule has 3 rings (SSSR count). The van der Waals surface area contributed by atoms with Gasteiger partial charge in [0.15, 0.2) is 0 Å². The van der Waals surface area contributed by atoms with Gasteiger partial charge in [-0.2, -0.15) is 0 Å². The van der Waals surface area contributed by atoms with E-state index in [0.29, 0.717) is 5.92 Å². The van der Waals surface area contributed by atoms with Gasteiger partial charge in [-0.1, -0.05) is 71.2 Å². The van der Waals surface area contributed by atoms with Crippen LogP contribution in [0, 0.1) is 40.5 Å². The van der Waals surface area contributed by atoms with Gasteiger partial charge in [-0.05, 0) is 93.7 Å². The molecule has 0 amide bonds. The summed E-state index contributed by atoms with van der Waals surface area (Å²) in [5.74, 6) is 1.65. The zero-order valence-corrected chi connectivity index (χ0v) is 22.2. The van der Waals surface area contributed by atoms with Crippen LogP contribution in [-0.2, 0) is 11.0 Å². The van der Waals surface area contributed by atoms with Crippen LogP contribution in [0.1, 0.15) is 112 Å². The number of hydrogen-bond donors (Lipinski definition) is 0. The standard InChI is InChI=1S/C31H46O/c1-10-18-30(19-11-2)27-17-15-22(6)24(8)29(27)32-31(20-12-3,28(30)13-4)26-16-14-21(5)23(7)25(26)9/h14-17,28H,10-13,18-20H2,1-9H3. The monoisotopic (exact) mass is 434 g/mol. The summed E-state index contributed by atoms with van der Waals surface area (Å²) in [5, 5.41) is 0. The predicted octanol–water partition coefficient (Wildman–Crippen LogP) is 9.18. The third-order valence-corrected chi connectivity index (χ3v) is 8.66. The minimum atomic E-state index is -0.276. The third-order valence-electron chi connectivity index (χ3n) is 8.66. The Morgan fingerprint density at radius 3 is 1.72 bits per heavy atom. The van der Waals surface area contributed by atoms with Gasteiger partial charge in [0.2, 0.25) is 0 Å². The van der Waals surface area contributed by atoms with Crippen LogP contribution in [0.3, 0.4) is 0 Å². The van der Waals surface area contributed by atoms with Crippen molar-refractivity contribution in [3.8, 4) is 5.75 Å². The van der Waals surface area contributed by atoms with E-state index < -0.39 is 0 Å². The molecule has 1 heterocycles. The zero-order chi connectivity index (χ0) is 23.7. The molecule has 2 atom stereocenters. The van der Waals surface area contributed by atoms with Crippen LogP contribution in [-0.4, -0.2) is 0 Å². The number of ether oxygens (including phenoxy) is 1. The number of aryl methyl sites for hydroxylation is 2. The fourth-order valence-corrected chi connectivity index (χ4v) is 6.95. The first-order chi connectivity index (χ1) is 15.2. The molecule has 0 fully saturated rings. The highest BCUT2D eigenvalue weighted by Gasteiger charge is 2.57. The Kier molecular flexibility index (Phi) is 7.48. The van der Waals surface area contributed by atoms with Crippen LogP contribution in [0.2, 0.25) is 0 Å². The Morgan fingerprint density at radius 2 is 1.19 bits per heavy atom. The molecule has 0 aromatic heterocycles. The highest BCUT2D eigenvalue weighted by Crippen LogP contribution is 2.60. The molecule has 2 aromatic carbocycles. The third kappa shape index (κ3) is 3.70. The molecule has 0 saturated carbocycles. The molecule has 0 saturated heterocycles. The lowest BCUT2D eigenvalue weighted by atomic mass is 9.54. The number of rotatable bonds is 8. The van der Waals surface area contributed by atoms with Crippen LogP contribution >= 0.6 is 0 Å². The molecule has 32 heavy (non-hydrogen) atoms. The van der Waals surface area contributed by atoms with E-state index in [1.54, 1.807) is 0 Å². The minimum Gasteiger partial charge on any atom is -0.482 e. The lowest BCUT2D eigenvalue weighted by Crippen LogP contribution is -2.55. The van der Waals surface area contributed by atoms with E-state index in [1.165, 1.54) is 70.4 Å². The van der Waals surface area contributed by atoms with Gasteiger partial charge in [0.25, 0.3) is 0 Å². The molecule has 0 aliphatic carbocycles. The van der Waals surface area contributed by atoms with Gasteiger partial charge in [0.05, 0.1) is 0 Å².